The summed E-state index contributed by atoms with van der Waals surface area (Å²) in [6.07, 6.45) is 9.16. The molecular formula is C52H51NO. The van der Waals surface area contributed by atoms with Crippen molar-refractivity contribution in [2.24, 2.45) is 23.7 Å². The molecule has 54 heavy (non-hydrogen) atoms. The van der Waals surface area contributed by atoms with Crippen molar-refractivity contribution < 1.29 is 4.74 Å². The summed E-state index contributed by atoms with van der Waals surface area (Å²) in [6.45, 7) is 9.77. The predicted octanol–water partition coefficient (Wildman–Crippen LogP) is 14.2. The number of para-hydroxylation sites is 1. The second-order valence-corrected chi connectivity index (χ2v) is 18.9. The quantitative estimate of drug-likeness (QED) is 0.181. The summed E-state index contributed by atoms with van der Waals surface area (Å²) in [6, 6.07) is 48.3. The summed E-state index contributed by atoms with van der Waals surface area (Å²) in [5.41, 5.74) is 12.2. The van der Waals surface area contributed by atoms with Crippen molar-refractivity contribution in [2.45, 2.75) is 88.9 Å². The van der Waals surface area contributed by atoms with E-state index < -0.39 is 0 Å². The molecule has 6 aromatic carbocycles. The number of hydrogen-bond donors (Lipinski definition) is 0. The lowest BCUT2D eigenvalue weighted by atomic mass is 9.41. The van der Waals surface area contributed by atoms with Crippen LogP contribution in [0.25, 0.3) is 21.9 Å². The lowest BCUT2D eigenvalue weighted by Gasteiger charge is -2.63. The van der Waals surface area contributed by atoms with Crippen LogP contribution in [0.3, 0.4) is 0 Å². The van der Waals surface area contributed by atoms with E-state index in [1.165, 1.54) is 106 Å². The molecule has 0 unspecified atom stereocenters. The topological polar surface area (TPSA) is 12.5 Å². The summed E-state index contributed by atoms with van der Waals surface area (Å²) in [5.74, 6) is 5.11. The average Bonchev–Trinajstić information content (AvgIpc) is 3.18. The molecule has 4 bridgehead atoms. The van der Waals surface area contributed by atoms with Crippen molar-refractivity contribution in [3.63, 3.8) is 0 Å². The average molecular weight is 706 g/mol. The van der Waals surface area contributed by atoms with Crippen LogP contribution in [0.2, 0.25) is 0 Å². The van der Waals surface area contributed by atoms with E-state index in [1.807, 2.05) is 0 Å². The summed E-state index contributed by atoms with van der Waals surface area (Å²) < 4.78 is 7.01. The van der Waals surface area contributed by atoms with Crippen molar-refractivity contribution in [2.75, 3.05) is 4.90 Å². The second-order valence-electron chi connectivity index (χ2n) is 18.9. The molecule has 1 spiro atoms. The number of anilines is 3. The fourth-order valence-electron chi connectivity index (χ4n) is 12.4. The van der Waals surface area contributed by atoms with Crippen molar-refractivity contribution in [1.82, 2.24) is 0 Å². The maximum absolute atomic E-state index is 7.01. The molecule has 270 valence electrons. The van der Waals surface area contributed by atoms with E-state index in [-0.39, 0.29) is 16.2 Å². The molecule has 0 N–H and O–H groups in total. The van der Waals surface area contributed by atoms with Gasteiger partial charge in [-0.15, -0.1) is 0 Å². The Balaban J connectivity index is 1.13. The van der Waals surface area contributed by atoms with Crippen LogP contribution in [-0.4, -0.2) is 0 Å². The molecule has 4 saturated carbocycles. The SMILES string of the molecule is CC1(C)CCC(C)(C)c2cc(N(c3ccc(-c4ccc5ccccc5c4)cc3)c3cccc4c3C3(c5ccccc5O4)C4CC5CC(C4)CC3C5)ccc21. The lowest BCUT2D eigenvalue weighted by Crippen LogP contribution is -2.57. The first kappa shape index (κ1) is 32.6. The molecule has 2 heteroatoms. The van der Waals surface area contributed by atoms with Gasteiger partial charge in [0.25, 0.3) is 0 Å². The number of ether oxygens (including phenoxy) is 1. The molecule has 6 aromatic rings. The Bertz CT molecular complexity index is 2420. The van der Waals surface area contributed by atoms with Gasteiger partial charge in [-0.25, -0.2) is 0 Å². The van der Waals surface area contributed by atoms with E-state index >= 15 is 0 Å². The highest BCUT2D eigenvalue weighted by Crippen LogP contribution is 2.70. The normalized spacial score (nSPS) is 26.5. The molecule has 0 aromatic heterocycles. The lowest BCUT2D eigenvalue weighted by molar-refractivity contribution is -0.0449. The summed E-state index contributed by atoms with van der Waals surface area (Å²) in [4.78, 5) is 2.60. The molecule has 1 aliphatic heterocycles. The largest absolute Gasteiger partial charge is 0.457 e. The van der Waals surface area contributed by atoms with Gasteiger partial charge in [0.15, 0.2) is 0 Å². The highest BCUT2D eigenvalue weighted by atomic mass is 16.5. The third-order valence-electron chi connectivity index (χ3n) is 14.9. The molecule has 0 amide bonds. The molecule has 5 aliphatic carbocycles. The van der Waals surface area contributed by atoms with Crippen LogP contribution in [0, 0.1) is 23.7 Å². The number of fused-ring (bicyclic) bond motifs is 4. The Morgan fingerprint density at radius 1 is 0.500 bits per heavy atom. The van der Waals surface area contributed by atoms with Crippen LogP contribution in [0.1, 0.15) is 94.9 Å². The first-order chi connectivity index (χ1) is 26.2. The number of hydrogen-bond acceptors (Lipinski definition) is 2. The van der Waals surface area contributed by atoms with Crippen molar-refractivity contribution in [3.8, 4) is 22.6 Å². The monoisotopic (exact) mass is 705 g/mol. The van der Waals surface area contributed by atoms with E-state index in [1.54, 1.807) is 0 Å². The minimum atomic E-state index is -0.0626. The number of nitrogens with zero attached hydrogens (tertiary/aromatic N) is 1. The minimum absolute atomic E-state index is 0.0626. The third kappa shape index (κ3) is 4.71. The fourth-order valence-corrected chi connectivity index (χ4v) is 12.4. The molecule has 12 rings (SSSR count). The Hall–Kier alpha value is -4.82. The minimum Gasteiger partial charge on any atom is -0.457 e. The van der Waals surface area contributed by atoms with E-state index in [4.69, 9.17) is 4.74 Å². The zero-order valence-electron chi connectivity index (χ0n) is 32.2. The van der Waals surface area contributed by atoms with Crippen LogP contribution < -0.4 is 9.64 Å². The molecule has 0 saturated heterocycles. The van der Waals surface area contributed by atoms with Crippen molar-refractivity contribution in [1.29, 1.82) is 0 Å². The van der Waals surface area contributed by atoms with Gasteiger partial charge in [0.2, 0.25) is 0 Å². The first-order valence-corrected chi connectivity index (χ1v) is 20.6. The molecule has 1 heterocycles. The maximum Gasteiger partial charge on any atom is 0.133 e. The standard InChI is InChI=1S/C52H51NO/c1-50(2)24-25-51(3,4)45-32-42(22-23-43(45)50)53(41-20-18-36(19-21-41)38-17-16-35-10-5-6-11-37(35)31-38)46-13-9-15-48-49(46)52(44-12-7-8-14-47(44)54-48)39-27-33-26-34(29-39)30-40(52)28-33/h5-23,31-34,39-40H,24-30H2,1-4H3. The maximum atomic E-state index is 7.01. The van der Waals surface area contributed by atoms with Gasteiger partial charge in [0.1, 0.15) is 11.5 Å². The van der Waals surface area contributed by atoms with Crippen LogP contribution in [0.15, 0.2) is 127 Å². The van der Waals surface area contributed by atoms with Crippen molar-refractivity contribution in [3.05, 3.63) is 150 Å². The van der Waals surface area contributed by atoms with Gasteiger partial charge >= 0.3 is 0 Å². The third-order valence-corrected chi connectivity index (χ3v) is 14.9. The van der Waals surface area contributed by atoms with Crippen molar-refractivity contribution >= 4 is 27.8 Å². The van der Waals surface area contributed by atoms with Gasteiger partial charge in [0, 0.05) is 27.9 Å². The van der Waals surface area contributed by atoms with Crippen LogP contribution in [0.4, 0.5) is 17.1 Å². The number of benzene rings is 6. The van der Waals surface area contributed by atoms with E-state index in [2.05, 4.69) is 160 Å². The summed E-state index contributed by atoms with van der Waals surface area (Å²) in [5, 5.41) is 2.55. The molecule has 0 radical (unpaired) electrons. The Morgan fingerprint density at radius 3 is 1.89 bits per heavy atom. The molecular weight excluding hydrogens is 655 g/mol. The molecule has 2 nitrogen and oxygen atoms in total. The first-order valence-electron chi connectivity index (χ1n) is 20.6. The molecule has 6 aliphatic rings. The zero-order valence-corrected chi connectivity index (χ0v) is 32.2. The smallest absolute Gasteiger partial charge is 0.133 e. The number of rotatable bonds is 4. The van der Waals surface area contributed by atoms with E-state index in [0.29, 0.717) is 11.8 Å². The van der Waals surface area contributed by atoms with Crippen LogP contribution in [0.5, 0.6) is 11.5 Å². The highest BCUT2D eigenvalue weighted by Gasteiger charge is 2.62. The second kappa shape index (κ2) is 11.6. The predicted molar refractivity (Wildman–Crippen MR) is 224 cm³/mol. The Kier molecular flexibility index (Phi) is 7.00. The fraction of sp³-hybridized carbons (Fsp3) is 0.346. The van der Waals surface area contributed by atoms with E-state index in [9.17, 15) is 0 Å². The van der Waals surface area contributed by atoms with Gasteiger partial charge < -0.3 is 9.64 Å². The molecule has 0 atom stereocenters. The van der Waals surface area contributed by atoms with Gasteiger partial charge in [-0.3, -0.25) is 0 Å². The van der Waals surface area contributed by atoms with Gasteiger partial charge in [0.05, 0.1) is 5.69 Å². The Labute approximate surface area is 321 Å². The summed E-state index contributed by atoms with van der Waals surface area (Å²) >= 11 is 0. The Morgan fingerprint density at radius 2 is 1.13 bits per heavy atom. The van der Waals surface area contributed by atoms with Crippen LogP contribution >= 0.6 is 0 Å². The van der Waals surface area contributed by atoms with Gasteiger partial charge in [-0.05, 0) is 161 Å². The molecule has 4 fully saturated rings. The summed E-state index contributed by atoms with van der Waals surface area (Å²) in [7, 11) is 0. The van der Waals surface area contributed by atoms with E-state index in [0.717, 1.165) is 23.3 Å². The van der Waals surface area contributed by atoms with Crippen LogP contribution in [-0.2, 0) is 16.2 Å². The highest BCUT2D eigenvalue weighted by molar-refractivity contribution is 5.88. The van der Waals surface area contributed by atoms with Gasteiger partial charge in [-0.2, -0.15) is 0 Å². The zero-order chi connectivity index (χ0) is 36.4. The van der Waals surface area contributed by atoms with Gasteiger partial charge in [-0.1, -0.05) is 107 Å².